The molecule has 0 saturated carbocycles. The zero-order chi connectivity index (χ0) is 14.9. The fraction of sp³-hybridized carbons (Fsp3) is 0.143. The minimum Gasteiger partial charge on any atom is -0.290 e. The molecular formula is C14H12ClNO3S. The topological polar surface area (TPSA) is 63.6 Å². The second-order valence-corrected chi connectivity index (χ2v) is 6.47. The summed E-state index contributed by atoms with van der Waals surface area (Å²) in [5, 5.41) is 0.451. The van der Waals surface area contributed by atoms with Crippen LogP contribution in [0.4, 0.5) is 0 Å². The van der Waals surface area contributed by atoms with Gasteiger partial charge in [-0.3, -0.25) is 4.79 Å². The Bertz CT molecular complexity index is 756. The molecule has 0 unspecified atom stereocenters. The second kappa shape index (κ2) is 5.34. The standard InChI is InChI=1S/C14H12ClNO3S/c1-9-8-14(17)10(2)7-13(9)16-20(18,19)12-5-3-11(15)4-6-12/h3-8H,1-2H3. The number of hydrogen-bond donors (Lipinski definition) is 0. The van der Waals surface area contributed by atoms with Gasteiger partial charge >= 0.3 is 0 Å². The summed E-state index contributed by atoms with van der Waals surface area (Å²) in [4.78, 5) is 11.5. The van der Waals surface area contributed by atoms with E-state index in [4.69, 9.17) is 11.6 Å². The van der Waals surface area contributed by atoms with E-state index < -0.39 is 10.0 Å². The normalized spacial score (nSPS) is 17.9. The first-order valence-corrected chi connectivity index (χ1v) is 7.63. The number of rotatable bonds is 2. The smallest absolute Gasteiger partial charge is 0.282 e. The van der Waals surface area contributed by atoms with Crippen LogP contribution in [-0.4, -0.2) is 19.9 Å². The number of carbonyl (C=O) groups is 1. The maximum Gasteiger partial charge on any atom is 0.282 e. The lowest BCUT2D eigenvalue weighted by Crippen LogP contribution is -2.12. The van der Waals surface area contributed by atoms with Gasteiger partial charge < -0.3 is 0 Å². The first-order valence-electron chi connectivity index (χ1n) is 5.81. The number of allylic oxidation sites excluding steroid dienone is 4. The van der Waals surface area contributed by atoms with Crippen LogP contribution in [0.5, 0.6) is 0 Å². The fourth-order valence-corrected chi connectivity index (χ4v) is 2.83. The molecule has 1 aliphatic rings. The summed E-state index contributed by atoms with van der Waals surface area (Å²) in [6.45, 7) is 3.27. The van der Waals surface area contributed by atoms with E-state index in [2.05, 4.69) is 4.40 Å². The molecule has 1 aromatic carbocycles. The van der Waals surface area contributed by atoms with E-state index in [0.29, 0.717) is 16.2 Å². The SMILES string of the molecule is CC1=CC(=NS(=O)(=O)c2ccc(Cl)cc2)C(C)=CC1=O. The van der Waals surface area contributed by atoms with Crippen molar-refractivity contribution in [3.8, 4) is 0 Å². The van der Waals surface area contributed by atoms with Crippen molar-refractivity contribution in [2.75, 3.05) is 0 Å². The van der Waals surface area contributed by atoms with E-state index in [1.807, 2.05) is 0 Å². The molecule has 2 rings (SSSR count). The molecule has 0 spiro atoms. The van der Waals surface area contributed by atoms with Crippen molar-refractivity contribution in [1.82, 2.24) is 0 Å². The predicted octanol–water partition coefficient (Wildman–Crippen LogP) is 2.95. The van der Waals surface area contributed by atoms with Gasteiger partial charge in [-0.1, -0.05) is 11.6 Å². The van der Waals surface area contributed by atoms with Crippen molar-refractivity contribution in [2.45, 2.75) is 18.7 Å². The largest absolute Gasteiger partial charge is 0.290 e. The molecule has 0 N–H and O–H groups in total. The van der Waals surface area contributed by atoms with E-state index in [0.717, 1.165) is 0 Å². The summed E-state index contributed by atoms with van der Waals surface area (Å²) in [6.07, 6.45) is 2.86. The molecule has 0 aliphatic heterocycles. The molecular weight excluding hydrogens is 298 g/mol. The molecule has 0 saturated heterocycles. The molecule has 0 radical (unpaired) electrons. The minimum absolute atomic E-state index is 0.0603. The van der Waals surface area contributed by atoms with Gasteiger partial charge in [-0.25, -0.2) is 0 Å². The average Bonchev–Trinajstić information content (AvgIpc) is 2.36. The van der Waals surface area contributed by atoms with E-state index in [-0.39, 0.29) is 16.4 Å². The molecule has 1 aromatic rings. The van der Waals surface area contributed by atoms with Gasteiger partial charge in [0, 0.05) is 5.02 Å². The highest BCUT2D eigenvalue weighted by atomic mass is 35.5. The van der Waals surface area contributed by atoms with Crippen LogP contribution in [0.2, 0.25) is 5.02 Å². The number of sulfonamides is 1. The number of hydrogen-bond acceptors (Lipinski definition) is 3. The van der Waals surface area contributed by atoms with Crippen LogP contribution in [0.3, 0.4) is 0 Å². The van der Waals surface area contributed by atoms with Crippen LogP contribution in [0, 0.1) is 0 Å². The lowest BCUT2D eigenvalue weighted by atomic mass is 9.99. The van der Waals surface area contributed by atoms with Crippen LogP contribution in [-0.2, 0) is 14.8 Å². The molecule has 0 fully saturated rings. The fourth-order valence-electron chi connectivity index (χ4n) is 1.66. The van der Waals surface area contributed by atoms with Crippen LogP contribution in [0.15, 0.2) is 56.9 Å². The van der Waals surface area contributed by atoms with Crippen LogP contribution >= 0.6 is 11.6 Å². The minimum atomic E-state index is -3.82. The van der Waals surface area contributed by atoms with Gasteiger partial charge in [-0.15, -0.1) is 0 Å². The molecule has 0 heterocycles. The molecule has 0 amide bonds. The van der Waals surface area contributed by atoms with Gasteiger partial charge in [0.05, 0.1) is 10.6 Å². The zero-order valence-electron chi connectivity index (χ0n) is 10.9. The highest BCUT2D eigenvalue weighted by Crippen LogP contribution is 2.19. The lowest BCUT2D eigenvalue weighted by molar-refractivity contribution is -0.111. The van der Waals surface area contributed by atoms with Crippen molar-refractivity contribution >= 4 is 33.1 Å². The number of halogens is 1. The molecule has 104 valence electrons. The summed E-state index contributed by atoms with van der Waals surface area (Å²) >= 11 is 5.73. The molecule has 6 heteroatoms. The number of benzene rings is 1. The number of carbonyl (C=O) groups excluding carboxylic acids is 1. The highest BCUT2D eigenvalue weighted by Gasteiger charge is 2.18. The summed E-state index contributed by atoms with van der Waals surface area (Å²) in [6, 6.07) is 5.77. The van der Waals surface area contributed by atoms with E-state index in [1.54, 1.807) is 13.8 Å². The van der Waals surface area contributed by atoms with Gasteiger partial charge in [-0.2, -0.15) is 12.8 Å². The Labute approximate surface area is 122 Å². The van der Waals surface area contributed by atoms with E-state index in [9.17, 15) is 13.2 Å². The Morgan fingerprint density at radius 2 is 1.60 bits per heavy atom. The Kier molecular flexibility index (Phi) is 3.92. The van der Waals surface area contributed by atoms with Gasteiger partial charge in [0.1, 0.15) is 0 Å². The molecule has 0 aromatic heterocycles. The van der Waals surface area contributed by atoms with Crippen LogP contribution in [0.1, 0.15) is 13.8 Å². The van der Waals surface area contributed by atoms with Crippen molar-refractivity contribution in [3.05, 3.63) is 52.6 Å². The summed E-state index contributed by atoms with van der Waals surface area (Å²) in [5.41, 5.74) is 1.26. The molecule has 0 bridgehead atoms. The van der Waals surface area contributed by atoms with Gasteiger partial charge in [-0.05, 0) is 61.4 Å². The van der Waals surface area contributed by atoms with Crippen molar-refractivity contribution in [1.29, 1.82) is 0 Å². The first kappa shape index (κ1) is 14.7. The van der Waals surface area contributed by atoms with Crippen molar-refractivity contribution in [3.63, 3.8) is 0 Å². The molecule has 0 atom stereocenters. The van der Waals surface area contributed by atoms with Crippen molar-refractivity contribution < 1.29 is 13.2 Å². The number of nitrogens with zero attached hydrogens (tertiary/aromatic N) is 1. The summed E-state index contributed by atoms with van der Waals surface area (Å²) < 4.78 is 28.1. The highest BCUT2D eigenvalue weighted by molar-refractivity contribution is 7.90. The van der Waals surface area contributed by atoms with Crippen molar-refractivity contribution in [2.24, 2.45) is 4.40 Å². The molecule has 4 nitrogen and oxygen atoms in total. The zero-order valence-corrected chi connectivity index (χ0v) is 12.5. The third kappa shape index (κ3) is 3.05. The Hall–Kier alpha value is -1.72. The number of ketones is 1. The lowest BCUT2D eigenvalue weighted by Gasteiger charge is -2.09. The Morgan fingerprint density at radius 1 is 1.00 bits per heavy atom. The Balaban J connectivity index is 2.46. The van der Waals surface area contributed by atoms with Gasteiger partial charge in [0.25, 0.3) is 10.0 Å². The second-order valence-electron chi connectivity index (χ2n) is 4.42. The predicted molar refractivity (Wildman–Crippen MR) is 78.6 cm³/mol. The molecule has 1 aliphatic carbocycles. The summed E-state index contributed by atoms with van der Waals surface area (Å²) in [7, 11) is -3.82. The third-order valence-corrected chi connectivity index (χ3v) is 4.38. The molecule has 20 heavy (non-hydrogen) atoms. The maximum absolute atomic E-state index is 12.2. The Morgan fingerprint density at radius 3 is 2.20 bits per heavy atom. The van der Waals surface area contributed by atoms with Gasteiger partial charge in [0.15, 0.2) is 5.78 Å². The van der Waals surface area contributed by atoms with Gasteiger partial charge in [0.2, 0.25) is 0 Å². The quantitative estimate of drug-likeness (QED) is 0.789. The van der Waals surface area contributed by atoms with E-state index >= 15 is 0 Å². The monoisotopic (exact) mass is 309 g/mol. The third-order valence-electron chi connectivity index (χ3n) is 2.82. The maximum atomic E-state index is 12.2. The van der Waals surface area contributed by atoms with Crippen LogP contribution in [0.25, 0.3) is 0 Å². The average molecular weight is 310 g/mol. The van der Waals surface area contributed by atoms with E-state index in [1.165, 1.54) is 36.4 Å². The summed E-state index contributed by atoms with van der Waals surface area (Å²) in [5.74, 6) is -0.134. The first-order chi connectivity index (χ1) is 9.29. The van der Waals surface area contributed by atoms with Crippen LogP contribution < -0.4 is 0 Å².